The van der Waals surface area contributed by atoms with Crippen LogP contribution in [0.25, 0.3) is 21.8 Å². The van der Waals surface area contributed by atoms with Crippen molar-refractivity contribution in [3.8, 4) is 5.75 Å². The van der Waals surface area contributed by atoms with E-state index in [1.54, 1.807) is 13.3 Å². The van der Waals surface area contributed by atoms with Gasteiger partial charge < -0.3 is 10.1 Å². The number of hydrogen-bond acceptors (Lipinski definition) is 4. The molecule has 0 fully saturated rings. The monoisotopic (exact) mass is 343 g/mol. The molecule has 0 bridgehead atoms. The molecular weight excluding hydrogens is 326 g/mol. The summed E-state index contributed by atoms with van der Waals surface area (Å²) in [5.41, 5.74) is 3.58. The summed E-state index contributed by atoms with van der Waals surface area (Å²) in [5, 5.41) is 4.78. The number of nitrogens with one attached hydrogen (secondary N) is 1. The number of hydrogen-bond donors (Lipinski definition) is 1. The van der Waals surface area contributed by atoms with Gasteiger partial charge in [0, 0.05) is 16.8 Å². The number of carbonyl (C=O) groups is 1. The van der Waals surface area contributed by atoms with Crippen LogP contribution in [0.2, 0.25) is 0 Å². The summed E-state index contributed by atoms with van der Waals surface area (Å²) in [6, 6.07) is 17.2. The SMILES string of the molecule is COc1ccc2cc(NC(=O)c3cc4ccccc4nc3C)cnc2c1. The Hall–Kier alpha value is -3.47. The van der Waals surface area contributed by atoms with Crippen molar-refractivity contribution < 1.29 is 9.53 Å². The van der Waals surface area contributed by atoms with E-state index in [1.807, 2.05) is 61.5 Å². The highest BCUT2D eigenvalue weighted by atomic mass is 16.5. The Labute approximate surface area is 150 Å². The fourth-order valence-corrected chi connectivity index (χ4v) is 2.94. The fraction of sp³-hybridized carbons (Fsp3) is 0.0952. The van der Waals surface area contributed by atoms with E-state index in [2.05, 4.69) is 15.3 Å². The number of ether oxygens (including phenoxy) is 1. The highest BCUT2D eigenvalue weighted by Crippen LogP contribution is 2.23. The van der Waals surface area contributed by atoms with Gasteiger partial charge in [-0.15, -0.1) is 0 Å². The molecule has 0 saturated carbocycles. The molecule has 5 heteroatoms. The maximum atomic E-state index is 12.7. The minimum atomic E-state index is -0.199. The van der Waals surface area contributed by atoms with Crippen LogP contribution in [0.15, 0.2) is 60.8 Å². The number of aryl methyl sites for hydroxylation is 1. The molecule has 5 nitrogen and oxygen atoms in total. The van der Waals surface area contributed by atoms with Crippen molar-refractivity contribution in [3.05, 3.63) is 72.1 Å². The zero-order chi connectivity index (χ0) is 18.1. The molecule has 1 N–H and O–H groups in total. The average Bonchev–Trinajstić information content (AvgIpc) is 2.66. The molecule has 2 heterocycles. The van der Waals surface area contributed by atoms with E-state index in [1.165, 1.54) is 0 Å². The van der Waals surface area contributed by atoms with Crippen LogP contribution in [0.3, 0.4) is 0 Å². The predicted octanol–water partition coefficient (Wildman–Crippen LogP) is 4.35. The maximum absolute atomic E-state index is 12.7. The number of pyridine rings is 2. The van der Waals surface area contributed by atoms with Crippen molar-refractivity contribution in [3.63, 3.8) is 0 Å². The third-order valence-electron chi connectivity index (χ3n) is 4.31. The first-order valence-electron chi connectivity index (χ1n) is 8.25. The van der Waals surface area contributed by atoms with E-state index in [9.17, 15) is 4.79 Å². The third kappa shape index (κ3) is 2.95. The van der Waals surface area contributed by atoms with Crippen LogP contribution in [-0.2, 0) is 0 Å². The number of carbonyl (C=O) groups excluding carboxylic acids is 1. The molecule has 0 spiro atoms. The fourth-order valence-electron chi connectivity index (χ4n) is 2.94. The molecule has 26 heavy (non-hydrogen) atoms. The Bertz CT molecular complexity index is 1140. The Morgan fingerprint density at radius 3 is 2.65 bits per heavy atom. The molecule has 0 saturated heterocycles. The van der Waals surface area contributed by atoms with Crippen LogP contribution in [0.4, 0.5) is 5.69 Å². The van der Waals surface area contributed by atoms with Crippen molar-refractivity contribution in [2.24, 2.45) is 0 Å². The van der Waals surface area contributed by atoms with Gasteiger partial charge in [-0.1, -0.05) is 18.2 Å². The van der Waals surface area contributed by atoms with Gasteiger partial charge in [0.15, 0.2) is 0 Å². The number of amides is 1. The third-order valence-corrected chi connectivity index (χ3v) is 4.31. The number of benzene rings is 2. The van der Waals surface area contributed by atoms with Gasteiger partial charge in [-0.3, -0.25) is 14.8 Å². The Balaban J connectivity index is 1.65. The summed E-state index contributed by atoms with van der Waals surface area (Å²) < 4.78 is 5.21. The maximum Gasteiger partial charge on any atom is 0.257 e. The molecule has 1 amide bonds. The lowest BCUT2D eigenvalue weighted by molar-refractivity contribution is 0.102. The van der Waals surface area contributed by atoms with Crippen LogP contribution < -0.4 is 10.1 Å². The summed E-state index contributed by atoms with van der Waals surface area (Å²) in [5.74, 6) is 0.551. The van der Waals surface area contributed by atoms with Crippen LogP contribution in [0.1, 0.15) is 16.1 Å². The lowest BCUT2D eigenvalue weighted by Crippen LogP contribution is -2.14. The average molecular weight is 343 g/mol. The van der Waals surface area contributed by atoms with E-state index >= 15 is 0 Å². The minimum Gasteiger partial charge on any atom is -0.497 e. The molecule has 0 atom stereocenters. The van der Waals surface area contributed by atoms with Gasteiger partial charge in [0.25, 0.3) is 5.91 Å². The highest BCUT2D eigenvalue weighted by Gasteiger charge is 2.12. The van der Waals surface area contributed by atoms with Gasteiger partial charge in [-0.2, -0.15) is 0 Å². The van der Waals surface area contributed by atoms with Crippen LogP contribution >= 0.6 is 0 Å². The molecule has 0 aliphatic carbocycles. The quantitative estimate of drug-likeness (QED) is 0.600. The first-order valence-corrected chi connectivity index (χ1v) is 8.25. The van der Waals surface area contributed by atoms with Gasteiger partial charge in [0.05, 0.1) is 41.3 Å². The Kier molecular flexibility index (Phi) is 3.97. The largest absolute Gasteiger partial charge is 0.497 e. The normalized spacial score (nSPS) is 10.8. The lowest BCUT2D eigenvalue weighted by Gasteiger charge is -2.09. The minimum absolute atomic E-state index is 0.199. The van der Waals surface area contributed by atoms with E-state index < -0.39 is 0 Å². The Morgan fingerprint density at radius 1 is 1.00 bits per heavy atom. The highest BCUT2D eigenvalue weighted by molar-refractivity contribution is 6.07. The van der Waals surface area contributed by atoms with Crippen molar-refractivity contribution in [2.75, 3.05) is 12.4 Å². The molecule has 0 aliphatic heterocycles. The second kappa shape index (κ2) is 6.44. The standard InChI is InChI=1S/C21H17N3O2/c1-13-18(10-14-5-3-4-6-19(14)23-13)21(25)24-16-9-15-7-8-17(26-2)11-20(15)22-12-16/h3-12H,1-2H3,(H,24,25). The summed E-state index contributed by atoms with van der Waals surface area (Å²) in [7, 11) is 1.62. The number of anilines is 1. The molecule has 0 aliphatic rings. The van der Waals surface area contributed by atoms with Crippen LogP contribution in [-0.4, -0.2) is 23.0 Å². The van der Waals surface area contributed by atoms with Crippen molar-refractivity contribution in [1.82, 2.24) is 9.97 Å². The molecule has 4 aromatic rings. The molecule has 0 unspecified atom stereocenters. The molecule has 2 aromatic heterocycles. The number of para-hydroxylation sites is 1. The van der Waals surface area contributed by atoms with Crippen molar-refractivity contribution >= 4 is 33.4 Å². The number of nitrogens with zero attached hydrogens (tertiary/aromatic N) is 2. The number of fused-ring (bicyclic) bond motifs is 2. The van der Waals surface area contributed by atoms with Gasteiger partial charge in [-0.05, 0) is 37.3 Å². The molecule has 128 valence electrons. The van der Waals surface area contributed by atoms with Gasteiger partial charge in [0.1, 0.15) is 5.75 Å². The van der Waals surface area contributed by atoms with Crippen LogP contribution in [0, 0.1) is 6.92 Å². The smallest absolute Gasteiger partial charge is 0.257 e. The first-order chi connectivity index (χ1) is 12.6. The molecule has 2 aromatic carbocycles. The topological polar surface area (TPSA) is 64.1 Å². The van der Waals surface area contributed by atoms with Crippen LogP contribution in [0.5, 0.6) is 5.75 Å². The Morgan fingerprint density at radius 2 is 1.81 bits per heavy atom. The number of aromatic nitrogens is 2. The lowest BCUT2D eigenvalue weighted by atomic mass is 10.1. The summed E-state index contributed by atoms with van der Waals surface area (Å²) in [6.07, 6.45) is 1.64. The second-order valence-corrected chi connectivity index (χ2v) is 6.05. The summed E-state index contributed by atoms with van der Waals surface area (Å²) >= 11 is 0. The van der Waals surface area contributed by atoms with E-state index in [0.29, 0.717) is 16.9 Å². The van der Waals surface area contributed by atoms with Crippen molar-refractivity contribution in [1.29, 1.82) is 0 Å². The molecule has 0 radical (unpaired) electrons. The van der Waals surface area contributed by atoms with E-state index in [0.717, 1.165) is 27.6 Å². The predicted molar refractivity (Wildman–Crippen MR) is 103 cm³/mol. The summed E-state index contributed by atoms with van der Waals surface area (Å²) in [6.45, 7) is 1.84. The molecule has 4 rings (SSSR count). The second-order valence-electron chi connectivity index (χ2n) is 6.05. The van der Waals surface area contributed by atoms with Gasteiger partial charge >= 0.3 is 0 Å². The molecular formula is C21H17N3O2. The van der Waals surface area contributed by atoms with Gasteiger partial charge in [0.2, 0.25) is 0 Å². The number of methoxy groups -OCH3 is 1. The van der Waals surface area contributed by atoms with E-state index in [-0.39, 0.29) is 5.91 Å². The number of rotatable bonds is 3. The van der Waals surface area contributed by atoms with Gasteiger partial charge in [-0.25, -0.2) is 0 Å². The summed E-state index contributed by atoms with van der Waals surface area (Å²) in [4.78, 5) is 21.6. The zero-order valence-corrected chi connectivity index (χ0v) is 14.5. The van der Waals surface area contributed by atoms with Crippen molar-refractivity contribution in [2.45, 2.75) is 6.92 Å². The first kappa shape index (κ1) is 16.0. The zero-order valence-electron chi connectivity index (χ0n) is 14.5. The van der Waals surface area contributed by atoms with E-state index in [4.69, 9.17) is 4.74 Å².